The molecule has 1 aromatic carbocycles. The van der Waals surface area contributed by atoms with E-state index in [1.807, 2.05) is 4.90 Å². The number of benzene rings is 1. The van der Waals surface area contributed by atoms with Gasteiger partial charge >= 0.3 is 6.03 Å². The van der Waals surface area contributed by atoms with Crippen molar-refractivity contribution in [3.05, 3.63) is 30.1 Å². The highest BCUT2D eigenvalue weighted by Gasteiger charge is 2.33. The molecule has 8 heteroatoms. The van der Waals surface area contributed by atoms with Gasteiger partial charge in [0.25, 0.3) is 0 Å². The van der Waals surface area contributed by atoms with Gasteiger partial charge in [0.15, 0.2) is 0 Å². The Hall–Kier alpha value is -2.19. The number of urea groups is 1. The first-order valence-electron chi connectivity index (χ1n) is 9.93. The summed E-state index contributed by atoms with van der Waals surface area (Å²) in [6.45, 7) is 1.34. The van der Waals surface area contributed by atoms with E-state index in [4.69, 9.17) is 4.74 Å². The van der Waals surface area contributed by atoms with Crippen molar-refractivity contribution < 1.29 is 23.8 Å². The maximum absolute atomic E-state index is 13.7. The summed E-state index contributed by atoms with van der Waals surface area (Å²) in [6.07, 6.45) is 3.87. The fraction of sp³-hybridized carbons (Fsp3) is 0.600. The number of nitrogens with one attached hydrogen (secondary N) is 2. The lowest BCUT2D eigenvalue weighted by Gasteiger charge is -2.37. The quantitative estimate of drug-likeness (QED) is 0.716. The summed E-state index contributed by atoms with van der Waals surface area (Å²) in [5, 5.41) is 14.9. The predicted octanol–water partition coefficient (Wildman–Crippen LogP) is 2.26. The molecule has 0 aromatic heterocycles. The Morgan fingerprint density at radius 2 is 1.93 bits per heavy atom. The van der Waals surface area contributed by atoms with Crippen molar-refractivity contribution in [1.82, 2.24) is 10.2 Å². The van der Waals surface area contributed by atoms with Crippen LogP contribution >= 0.6 is 0 Å². The first kappa shape index (κ1) is 20.5. The Balaban J connectivity index is 1.49. The molecule has 2 aliphatic heterocycles. The molecule has 2 aliphatic rings. The number of carbonyl (C=O) groups is 2. The third-order valence-electron chi connectivity index (χ3n) is 5.35. The Morgan fingerprint density at radius 3 is 2.64 bits per heavy atom. The smallest absolute Gasteiger partial charge is 0.319 e. The van der Waals surface area contributed by atoms with Crippen LogP contribution in [0.5, 0.6) is 0 Å². The number of nitrogens with zero attached hydrogens (tertiary/aromatic N) is 1. The molecule has 3 amide bonds. The number of amides is 3. The highest BCUT2D eigenvalue weighted by atomic mass is 19.1. The summed E-state index contributed by atoms with van der Waals surface area (Å²) in [5.41, 5.74) is 0.0854. The number of ether oxygens (including phenoxy) is 1. The Labute approximate surface area is 164 Å². The van der Waals surface area contributed by atoms with Crippen molar-refractivity contribution in [1.29, 1.82) is 0 Å². The van der Waals surface area contributed by atoms with Gasteiger partial charge in [0.05, 0.1) is 30.9 Å². The van der Waals surface area contributed by atoms with Crippen molar-refractivity contribution in [3.63, 3.8) is 0 Å². The van der Waals surface area contributed by atoms with Gasteiger partial charge in [0.1, 0.15) is 11.9 Å². The van der Waals surface area contributed by atoms with Gasteiger partial charge in [-0.1, -0.05) is 12.1 Å². The second-order valence-corrected chi connectivity index (χ2v) is 7.39. The normalized spacial score (nSPS) is 25.2. The number of anilines is 1. The number of hydrogen-bond acceptors (Lipinski definition) is 4. The molecule has 0 aliphatic carbocycles. The molecular weight excluding hydrogens is 365 g/mol. The van der Waals surface area contributed by atoms with Gasteiger partial charge in [-0.15, -0.1) is 0 Å². The fourth-order valence-electron chi connectivity index (χ4n) is 3.80. The zero-order chi connectivity index (χ0) is 19.9. The Morgan fingerprint density at radius 1 is 1.18 bits per heavy atom. The average molecular weight is 393 g/mol. The molecule has 3 N–H and O–H groups in total. The highest BCUT2D eigenvalue weighted by molar-refractivity contribution is 5.89. The predicted molar refractivity (Wildman–Crippen MR) is 102 cm³/mol. The van der Waals surface area contributed by atoms with E-state index in [1.54, 1.807) is 12.1 Å². The standard InChI is InChI=1S/C20H28FN3O4/c21-15-6-2-3-7-16(15)22-20(27)23-17-9-8-14(28-18(17)13-25)12-19(26)24-10-4-1-5-11-24/h2-3,6-7,14,17-18,25H,1,4-5,8-13H2,(H2,22,23,27)/t14-,17-,18-/m0/s1. The molecule has 3 atom stereocenters. The number of aliphatic hydroxyl groups excluding tert-OH is 1. The van der Waals surface area contributed by atoms with E-state index in [0.717, 1.165) is 25.9 Å². The second-order valence-electron chi connectivity index (χ2n) is 7.39. The lowest BCUT2D eigenvalue weighted by atomic mass is 9.96. The number of aliphatic hydroxyl groups is 1. The van der Waals surface area contributed by atoms with Gasteiger partial charge in [-0.05, 0) is 44.2 Å². The van der Waals surface area contributed by atoms with E-state index in [-0.39, 0.29) is 24.3 Å². The van der Waals surface area contributed by atoms with E-state index in [2.05, 4.69) is 10.6 Å². The number of hydrogen-bond donors (Lipinski definition) is 3. The van der Waals surface area contributed by atoms with Crippen LogP contribution in [0.15, 0.2) is 24.3 Å². The summed E-state index contributed by atoms with van der Waals surface area (Å²) in [5.74, 6) is -0.433. The first-order chi connectivity index (χ1) is 13.6. The Kier molecular flexibility index (Phi) is 7.22. The molecule has 154 valence electrons. The highest BCUT2D eigenvalue weighted by Crippen LogP contribution is 2.23. The van der Waals surface area contributed by atoms with Crippen LogP contribution in [0.2, 0.25) is 0 Å². The minimum Gasteiger partial charge on any atom is -0.394 e. The molecule has 0 saturated carbocycles. The van der Waals surface area contributed by atoms with Gasteiger partial charge in [0, 0.05) is 13.1 Å². The minimum atomic E-state index is -0.598. The van der Waals surface area contributed by atoms with Crippen LogP contribution in [0.3, 0.4) is 0 Å². The van der Waals surface area contributed by atoms with E-state index >= 15 is 0 Å². The molecule has 0 bridgehead atoms. The van der Waals surface area contributed by atoms with Crippen LogP contribution in [-0.2, 0) is 9.53 Å². The van der Waals surface area contributed by atoms with Crippen LogP contribution in [0, 0.1) is 5.82 Å². The van der Waals surface area contributed by atoms with E-state index in [0.29, 0.717) is 19.3 Å². The molecule has 2 heterocycles. The van der Waals surface area contributed by atoms with Gasteiger partial charge in [-0.25, -0.2) is 9.18 Å². The monoisotopic (exact) mass is 393 g/mol. The summed E-state index contributed by atoms with van der Waals surface area (Å²) in [6, 6.07) is 4.94. The van der Waals surface area contributed by atoms with Crippen LogP contribution < -0.4 is 10.6 Å². The lowest BCUT2D eigenvalue weighted by molar-refractivity contribution is -0.141. The van der Waals surface area contributed by atoms with Gasteiger partial charge in [-0.2, -0.15) is 0 Å². The number of para-hydroxylation sites is 1. The van der Waals surface area contributed by atoms with E-state index in [9.17, 15) is 19.1 Å². The summed E-state index contributed by atoms with van der Waals surface area (Å²) < 4.78 is 19.5. The van der Waals surface area contributed by atoms with Crippen molar-refractivity contribution in [2.45, 2.75) is 56.8 Å². The molecule has 0 radical (unpaired) electrons. The zero-order valence-corrected chi connectivity index (χ0v) is 15.9. The van der Waals surface area contributed by atoms with Crippen LogP contribution in [0.1, 0.15) is 38.5 Å². The number of halogens is 1. The maximum Gasteiger partial charge on any atom is 0.319 e. The summed E-state index contributed by atoms with van der Waals surface area (Å²) in [7, 11) is 0. The first-order valence-corrected chi connectivity index (χ1v) is 9.93. The van der Waals surface area contributed by atoms with Crippen LogP contribution in [0.25, 0.3) is 0 Å². The van der Waals surface area contributed by atoms with Gasteiger partial charge in [0.2, 0.25) is 5.91 Å². The third-order valence-corrected chi connectivity index (χ3v) is 5.35. The minimum absolute atomic E-state index is 0.0854. The van der Waals surface area contributed by atoms with Gasteiger partial charge in [-0.3, -0.25) is 4.79 Å². The van der Waals surface area contributed by atoms with Crippen molar-refractivity contribution in [2.75, 3.05) is 25.0 Å². The second kappa shape index (κ2) is 9.84. The summed E-state index contributed by atoms with van der Waals surface area (Å²) in [4.78, 5) is 26.5. The number of likely N-dealkylation sites (tertiary alicyclic amines) is 1. The number of piperidine rings is 1. The molecule has 3 rings (SSSR count). The lowest BCUT2D eigenvalue weighted by Crippen LogP contribution is -2.52. The molecule has 0 spiro atoms. The molecular formula is C20H28FN3O4. The van der Waals surface area contributed by atoms with Gasteiger partial charge < -0.3 is 25.4 Å². The molecule has 2 fully saturated rings. The number of rotatable bonds is 5. The molecule has 1 aromatic rings. The average Bonchev–Trinajstić information content (AvgIpc) is 2.71. The molecule has 7 nitrogen and oxygen atoms in total. The zero-order valence-electron chi connectivity index (χ0n) is 15.9. The third kappa shape index (κ3) is 5.42. The molecule has 2 saturated heterocycles. The van der Waals surface area contributed by atoms with Crippen LogP contribution in [0.4, 0.5) is 14.9 Å². The maximum atomic E-state index is 13.7. The van der Waals surface area contributed by atoms with E-state index < -0.39 is 24.0 Å². The van der Waals surface area contributed by atoms with Crippen molar-refractivity contribution in [3.8, 4) is 0 Å². The van der Waals surface area contributed by atoms with Crippen molar-refractivity contribution >= 4 is 17.6 Å². The number of carbonyl (C=O) groups excluding carboxylic acids is 2. The van der Waals surface area contributed by atoms with Crippen molar-refractivity contribution in [2.24, 2.45) is 0 Å². The largest absolute Gasteiger partial charge is 0.394 e. The molecule has 0 unspecified atom stereocenters. The van der Waals surface area contributed by atoms with E-state index in [1.165, 1.54) is 18.6 Å². The molecule has 28 heavy (non-hydrogen) atoms. The topological polar surface area (TPSA) is 90.9 Å². The van der Waals surface area contributed by atoms with Crippen LogP contribution in [-0.4, -0.2) is 59.9 Å². The SMILES string of the molecule is O=C(Nc1ccccc1F)N[C@H]1CC[C@@H](CC(=O)N2CCCCC2)O[C@H]1CO. The summed E-state index contributed by atoms with van der Waals surface area (Å²) >= 11 is 0. The fourth-order valence-corrected chi connectivity index (χ4v) is 3.80. The Bertz CT molecular complexity index is 681.